The Morgan fingerprint density at radius 3 is 2.85 bits per heavy atom. The summed E-state index contributed by atoms with van der Waals surface area (Å²) in [4.78, 5) is 33.5. The summed E-state index contributed by atoms with van der Waals surface area (Å²) in [5.41, 5.74) is 1.88. The number of hydrogen-bond acceptors (Lipinski definition) is 5. The van der Waals surface area contributed by atoms with E-state index in [0.29, 0.717) is 19.4 Å². The number of ether oxygens (including phenoxy) is 1. The molecule has 1 aromatic carbocycles. The highest BCUT2D eigenvalue weighted by molar-refractivity contribution is 6.07. The molecule has 6 nitrogen and oxygen atoms in total. The van der Waals surface area contributed by atoms with E-state index in [4.69, 9.17) is 9.57 Å². The lowest BCUT2D eigenvalue weighted by Gasteiger charge is -2.43. The van der Waals surface area contributed by atoms with Crippen LogP contribution in [0.5, 0.6) is 0 Å². The first-order valence-corrected chi connectivity index (χ1v) is 9.53. The van der Waals surface area contributed by atoms with Crippen LogP contribution in [0.15, 0.2) is 36.0 Å². The first-order chi connectivity index (χ1) is 13.0. The molecule has 1 saturated carbocycles. The van der Waals surface area contributed by atoms with Crippen LogP contribution in [0, 0.1) is 11.8 Å². The van der Waals surface area contributed by atoms with Gasteiger partial charge in [0.25, 0.3) is 5.91 Å². The van der Waals surface area contributed by atoms with Crippen LogP contribution >= 0.6 is 0 Å². The number of hydroxylamine groups is 1. The number of fused-ring (bicyclic) bond motifs is 2. The Labute approximate surface area is 158 Å². The average Bonchev–Trinajstić information content (AvgIpc) is 2.77. The summed E-state index contributed by atoms with van der Waals surface area (Å²) in [6.07, 6.45) is 3.10. The third-order valence-corrected chi connectivity index (χ3v) is 7.07. The maximum absolute atomic E-state index is 13.6. The molecular weight excluding hydrogens is 344 g/mol. The summed E-state index contributed by atoms with van der Waals surface area (Å²) >= 11 is 0. The fourth-order valence-electron chi connectivity index (χ4n) is 5.84. The van der Waals surface area contributed by atoms with E-state index in [9.17, 15) is 9.59 Å². The lowest BCUT2D eigenvalue weighted by Crippen LogP contribution is -2.50. The monoisotopic (exact) mass is 368 g/mol. The Morgan fingerprint density at radius 1 is 1.33 bits per heavy atom. The van der Waals surface area contributed by atoms with Gasteiger partial charge in [0.05, 0.1) is 25.5 Å². The minimum Gasteiger partial charge on any atom is -0.377 e. The number of nitrogens with zero attached hydrogens (tertiary/aromatic N) is 2. The van der Waals surface area contributed by atoms with E-state index >= 15 is 0 Å². The second-order valence-electron chi connectivity index (χ2n) is 8.18. The summed E-state index contributed by atoms with van der Waals surface area (Å²) < 4.78 is 6.30. The van der Waals surface area contributed by atoms with Gasteiger partial charge in [-0.15, -0.1) is 0 Å². The minimum absolute atomic E-state index is 0.0535. The van der Waals surface area contributed by atoms with Crippen LogP contribution in [-0.2, 0) is 24.6 Å². The molecule has 1 spiro atoms. The van der Waals surface area contributed by atoms with Crippen molar-refractivity contribution in [1.82, 2.24) is 4.90 Å². The number of allylic oxidation sites excluding steroid dienone is 1. The highest BCUT2D eigenvalue weighted by atomic mass is 16.7. The number of para-hydroxylation sites is 1. The molecule has 6 rings (SSSR count). The molecule has 1 aliphatic carbocycles. The molecule has 4 heterocycles. The maximum atomic E-state index is 13.6. The molecule has 6 heteroatoms. The van der Waals surface area contributed by atoms with Crippen molar-refractivity contribution in [1.29, 1.82) is 0 Å². The Morgan fingerprint density at radius 2 is 2.11 bits per heavy atom. The fourth-order valence-corrected chi connectivity index (χ4v) is 5.84. The zero-order valence-electron chi connectivity index (χ0n) is 15.8. The lowest BCUT2D eigenvalue weighted by molar-refractivity contribution is -0.137. The summed E-state index contributed by atoms with van der Waals surface area (Å²) in [5.74, 6) is 0.440. The summed E-state index contributed by atoms with van der Waals surface area (Å²) in [6.45, 7) is 2.22. The summed E-state index contributed by atoms with van der Waals surface area (Å²) in [7, 11) is 3.54. The molecule has 5 aliphatic rings. The van der Waals surface area contributed by atoms with Crippen LogP contribution in [-0.4, -0.2) is 49.5 Å². The second-order valence-corrected chi connectivity index (χ2v) is 8.18. The predicted molar refractivity (Wildman–Crippen MR) is 98.9 cm³/mol. The average molecular weight is 368 g/mol. The van der Waals surface area contributed by atoms with Crippen molar-refractivity contribution >= 4 is 17.4 Å². The van der Waals surface area contributed by atoms with Gasteiger partial charge in [-0.05, 0) is 37.3 Å². The highest BCUT2D eigenvalue weighted by Gasteiger charge is 2.64. The molecule has 5 atom stereocenters. The smallest absolute Gasteiger partial charge is 0.264 e. The standard InChI is InChI=1S/C21H24N2O4/c1-12(24)14-10-22(2)18-9-21(19-8-13(14)15(18)11-27-19)16-6-4-5-7-17(16)23(26-3)20(21)25/h4-7,10,13,15,18-19H,8-9,11H2,1-3H3/t13-,15?,18-,19+,21-/m0/s1. The van der Waals surface area contributed by atoms with E-state index in [0.717, 1.165) is 16.8 Å². The van der Waals surface area contributed by atoms with E-state index in [1.165, 1.54) is 12.2 Å². The fraction of sp³-hybridized carbons (Fsp3) is 0.524. The van der Waals surface area contributed by atoms with Gasteiger partial charge < -0.3 is 9.64 Å². The van der Waals surface area contributed by atoms with Crippen LogP contribution in [0.1, 0.15) is 25.3 Å². The van der Waals surface area contributed by atoms with Gasteiger partial charge in [-0.2, -0.15) is 5.06 Å². The number of carbonyl (C=O) groups excluding carboxylic acids is 2. The third kappa shape index (κ3) is 2.03. The van der Waals surface area contributed by atoms with Gasteiger partial charge in [-0.25, -0.2) is 0 Å². The van der Waals surface area contributed by atoms with Crippen LogP contribution in [0.25, 0.3) is 0 Å². The largest absolute Gasteiger partial charge is 0.377 e. The van der Waals surface area contributed by atoms with Gasteiger partial charge in [0.15, 0.2) is 5.78 Å². The SMILES string of the molecule is CON1C(=O)[C@@]2(C[C@H]3C4CO[C@@H]2C[C@H]4C(C(C)=O)=CN3C)c2ccccc21. The Hall–Kier alpha value is -2.18. The Bertz CT molecular complexity index is 865. The van der Waals surface area contributed by atoms with Gasteiger partial charge >= 0.3 is 0 Å². The van der Waals surface area contributed by atoms with Crippen molar-refractivity contribution in [2.24, 2.45) is 11.8 Å². The van der Waals surface area contributed by atoms with Crippen molar-refractivity contribution in [3.8, 4) is 0 Å². The first-order valence-electron chi connectivity index (χ1n) is 9.53. The van der Waals surface area contributed by atoms with Gasteiger partial charge in [0.2, 0.25) is 0 Å². The van der Waals surface area contributed by atoms with E-state index in [2.05, 4.69) is 4.90 Å². The van der Waals surface area contributed by atoms with Gasteiger partial charge in [0.1, 0.15) is 5.41 Å². The summed E-state index contributed by atoms with van der Waals surface area (Å²) in [6, 6.07) is 8.00. The molecule has 2 saturated heterocycles. The molecule has 4 bridgehead atoms. The third-order valence-electron chi connectivity index (χ3n) is 7.07. The number of amides is 1. The molecule has 4 aliphatic heterocycles. The molecule has 0 radical (unpaired) electrons. The molecule has 3 fully saturated rings. The molecule has 1 aromatic rings. The van der Waals surface area contributed by atoms with Crippen molar-refractivity contribution in [2.75, 3.05) is 25.8 Å². The number of benzene rings is 1. The molecular formula is C21H24N2O4. The number of hydrogen-bond donors (Lipinski definition) is 0. The Balaban J connectivity index is 1.69. The van der Waals surface area contributed by atoms with Crippen molar-refractivity contribution in [3.05, 3.63) is 41.6 Å². The van der Waals surface area contributed by atoms with Crippen LogP contribution in [0.2, 0.25) is 0 Å². The Kier molecular flexibility index (Phi) is 3.55. The van der Waals surface area contributed by atoms with Crippen molar-refractivity contribution in [3.63, 3.8) is 0 Å². The number of rotatable bonds is 2. The second kappa shape index (κ2) is 5.66. The van der Waals surface area contributed by atoms with E-state index in [1.807, 2.05) is 37.5 Å². The van der Waals surface area contributed by atoms with Crippen molar-refractivity contribution < 1.29 is 19.2 Å². The molecule has 1 unspecified atom stereocenters. The van der Waals surface area contributed by atoms with Crippen LogP contribution in [0.3, 0.4) is 0 Å². The van der Waals surface area contributed by atoms with E-state index in [-0.39, 0.29) is 35.7 Å². The molecule has 1 amide bonds. The minimum atomic E-state index is -0.769. The number of carbonyl (C=O) groups is 2. The first kappa shape index (κ1) is 17.0. The van der Waals surface area contributed by atoms with E-state index < -0.39 is 5.41 Å². The number of ketones is 1. The molecule has 142 valence electrons. The highest BCUT2D eigenvalue weighted by Crippen LogP contribution is 2.57. The number of Topliss-reactive ketones (excluding diaryl/α,β-unsaturated/α-hetero) is 1. The zero-order valence-corrected chi connectivity index (χ0v) is 15.8. The normalized spacial score (nSPS) is 36.7. The molecule has 0 N–H and O–H groups in total. The lowest BCUT2D eigenvalue weighted by atomic mass is 9.72. The van der Waals surface area contributed by atoms with E-state index in [1.54, 1.807) is 6.92 Å². The van der Waals surface area contributed by atoms with Gasteiger partial charge in [-0.1, -0.05) is 18.2 Å². The van der Waals surface area contributed by atoms with Crippen LogP contribution < -0.4 is 5.06 Å². The number of anilines is 1. The maximum Gasteiger partial charge on any atom is 0.264 e. The quantitative estimate of drug-likeness (QED) is 0.800. The van der Waals surface area contributed by atoms with Gasteiger partial charge in [0, 0.05) is 30.8 Å². The zero-order chi connectivity index (χ0) is 18.9. The summed E-state index contributed by atoms with van der Waals surface area (Å²) in [5, 5.41) is 1.42. The predicted octanol–water partition coefficient (Wildman–Crippen LogP) is 2.04. The molecule has 0 aromatic heterocycles. The molecule has 27 heavy (non-hydrogen) atoms. The van der Waals surface area contributed by atoms with Crippen LogP contribution in [0.4, 0.5) is 5.69 Å². The topological polar surface area (TPSA) is 59.1 Å². The van der Waals surface area contributed by atoms with Crippen molar-refractivity contribution in [2.45, 2.75) is 37.3 Å². The van der Waals surface area contributed by atoms with Gasteiger partial charge in [-0.3, -0.25) is 14.4 Å².